The molecule has 281 valence electrons. The summed E-state index contributed by atoms with van der Waals surface area (Å²) >= 11 is -1.86. The Hall–Kier alpha value is -3.97. The normalized spacial score (nSPS) is 11.8. The first-order valence-electron chi connectivity index (χ1n) is 18.7. The second-order valence-corrected chi connectivity index (χ2v) is 27.5. The van der Waals surface area contributed by atoms with Crippen LogP contribution in [0.1, 0.15) is 62.7 Å². The Morgan fingerprint density at radius 2 is 1.57 bits per heavy atom. The van der Waals surface area contributed by atoms with Crippen molar-refractivity contribution >= 4 is 39.7 Å². The van der Waals surface area contributed by atoms with Crippen LogP contribution in [0.25, 0.3) is 55.8 Å². The van der Waals surface area contributed by atoms with Gasteiger partial charge in [-0.3, -0.25) is 4.98 Å². The van der Waals surface area contributed by atoms with Crippen LogP contribution in [-0.2, 0) is 32.9 Å². The van der Waals surface area contributed by atoms with E-state index in [2.05, 4.69) is 130 Å². The van der Waals surface area contributed by atoms with E-state index >= 15 is 0 Å². The SMILES string of the molecule is CC(C)Cc1cc(-c2[c-]cccc2)nc[c]1[Ge]([CH3])([CH3])[CH3].Cc1cc(C)c(-c2ccc3c(n2)oc2c(-c4cc(CC(C)(C)C)ccn4)[c-]ccc23)c(C)n1.[Ir]. The van der Waals surface area contributed by atoms with Crippen LogP contribution in [0.3, 0.4) is 0 Å². The van der Waals surface area contributed by atoms with Gasteiger partial charge in [-0.1, -0.05) is 43.4 Å². The Morgan fingerprint density at radius 3 is 2.24 bits per heavy atom. The van der Waals surface area contributed by atoms with Crippen LogP contribution < -0.4 is 4.40 Å². The molecule has 7 heteroatoms. The number of furan rings is 1. The maximum atomic E-state index is 6.34. The number of hydrogen-bond donors (Lipinski definition) is 0. The first kappa shape index (κ1) is 41.2. The molecule has 2 aromatic carbocycles. The van der Waals surface area contributed by atoms with Crippen molar-refractivity contribution in [1.29, 1.82) is 0 Å². The van der Waals surface area contributed by atoms with Crippen LogP contribution in [0.2, 0.25) is 17.3 Å². The van der Waals surface area contributed by atoms with Crippen LogP contribution in [0.15, 0.2) is 89.6 Å². The molecule has 0 aliphatic heterocycles. The molecule has 0 spiro atoms. The second-order valence-electron chi connectivity index (χ2n) is 16.9. The number of hydrogen-bond acceptors (Lipinski definition) is 5. The summed E-state index contributed by atoms with van der Waals surface area (Å²) in [7, 11) is 0. The first-order chi connectivity index (χ1) is 25.1. The van der Waals surface area contributed by atoms with E-state index in [4.69, 9.17) is 14.4 Å². The van der Waals surface area contributed by atoms with Gasteiger partial charge in [0.2, 0.25) is 5.71 Å². The number of aryl methyl sites for hydroxylation is 3. The van der Waals surface area contributed by atoms with Crippen molar-refractivity contribution in [2.24, 2.45) is 11.3 Å². The van der Waals surface area contributed by atoms with Crippen molar-refractivity contribution in [1.82, 2.24) is 19.9 Å². The number of rotatable bonds is 7. The van der Waals surface area contributed by atoms with Crippen LogP contribution in [0.5, 0.6) is 0 Å². The van der Waals surface area contributed by atoms with Gasteiger partial charge in [0.1, 0.15) is 0 Å². The maximum Gasteiger partial charge on any atom is 0.216 e. The van der Waals surface area contributed by atoms with Gasteiger partial charge in [0, 0.05) is 48.6 Å². The van der Waals surface area contributed by atoms with Gasteiger partial charge in [-0.2, -0.15) is 0 Å². The fourth-order valence-electron chi connectivity index (χ4n) is 7.18. The molecule has 0 saturated carbocycles. The molecule has 7 rings (SSSR count). The van der Waals surface area contributed by atoms with E-state index in [-0.39, 0.29) is 25.5 Å². The van der Waals surface area contributed by atoms with Crippen molar-refractivity contribution in [2.75, 3.05) is 0 Å². The molecule has 0 N–H and O–H groups in total. The third-order valence-electron chi connectivity index (χ3n) is 9.31. The summed E-state index contributed by atoms with van der Waals surface area (Å²) < 4.78 is 7.88. The largest absolute Gasteiger partial charge is 0.486 e. The minimum atomic E-state index is -1.86. The predicted octanol–water partition coefficient (Wildman–Crippen LogP) is 11.7. The van der Waals surface area contributed by atoms with Gasteiger partial charge in [-0.25, -0.2) is 4.98 Å². The Balaban J connectivity index is 0.000000230. The van der Waals surface area contributed by atoms with E-state index in [0.717, 1.165) is 79.9 Å². The topological polar surface area (TPSA) is 64.7 Å². The summed E-state index contributed by atoms with van der Waals surface area (Å²) in [5.41, 5.74) is 13.3. The molecule has 0 bridgehead atoms. The molecule has 0 aliphatic rings. The molecule has 7 aromatic rings. The molecule has 5 heterocycles. The zero-order valence-electron chi connectivity index (χ0n) is 33.6. The van der Waals surface area contributed by atoms with E-state index in [9.17, 15) is 0 Å². The van der Waals surface area contributed by atoms with E-state index in [1.165, 1.54) is 11.1 Å². The van der Waals surface area contributed by atoms with E-state index in [0.29, 0.717) is 11.6 Å². The molecule has 0 fully saturated rings. The average Bonchev–Trinajstić information content (AvgIpc) is 3.45. The van der Waals surface area contributed by atoms with Gasteiger partial charge in [-0.15, -0.1) is 18.2 Å². The Labute approximate surface area is 338 Å². The Morgan fingerprint density at radius 1 is 0.796 bits per heavy atom. The van der Waals surface area contributed by atoms with Crippen LogP contribution in [0.4, 0.5) is 0 Å². The fraction of sp³-hybridized carbons (Fsp3) is 0.319. The predicted molar refractivity (Wildman–Crippen MR) is 224 cm³/mol. The zero-order valence-corrected chi connectivity index (χ0v) is 38.1. The maximum absolute atomic E-state index is 6.34. The molecule has 54 heavy (non-hydrogen) atoms. The summed E-state index contributed by atoms with van der Waals surface area (Å²) in [4.78, 5) is 18.9. The van der Waals surface area contributed by atoms with Crippen LogP contribution in [-0.4, -0.2) is 33.2 Å². The fourth-order valence-corrected chi connectivity index (χ4v) is 10.5. The molecule has 5 nitrogen and oxygen atoms in total. The van der Waals surface area contributed by atoms with Gasteiger partial charge < -0.3 is 9.40 Å². The van der Waals surface area contributed by atoms with Gasteiger partial charge in [0.25, 0.3) is 0 Å². The number of pyridine rings is 4. The van der Waals surface area contributed by atoms with Crippen molar-refractivity contribution in [2.45, 2.75) is 85.5 Å². The number of fused-ring (bicyclic) bond motifs is 3. The zero-order chi connectivity index (χ0) is 38.1. The summed E-state index contributed by atoms with van der Waals surface area (Å²) in [5, 5.41) is 2.02. The van der Waals surface area contributed by atoms with Crippen molar-refractivity contribution in [3.8, 4) is 33.8 Å². The van der Waals surface area contributed by atoms with Gasteiger partial charge >= 0.3 is 126 Å². The smallest absolute Gasteiger partial charge is 0.216 e. The molecule has 0 unspecified atom stereocenters. The van der Waals surface area contributed by atoms with Gasteiger partial charge in [-0.05, 0) is 68.1 Å². The molecular formula is C47H52GeIrN4O-2. The van der Waals surface area contributed by atoms with Crippen molar-refractivity contribution < 1.29 is 24.5 Å². The summed E-state index contributed by atoms with van der Waals surface area (Å²) in [6.07, 6.45) is 6.12. The molecule has 0 atom stereocenters. The monoisotopic (exact) mass is 955 g/mol. The van der Waals surface area contributed by atoms with Crippen molar-refractivity contribution in [3.63, 3.8) is 0 Å². The van der Waals surface area contributed by atoms with Crippen LogP contribution in [0, 0.1) is 44.2 Å². The summed E-state index contributed by atoms with van der Waals surface area (Å²) in [6.45, 7) is 17.5. The minimum Gasteiger partial charge on any atom is -0.486 e. The second kappa shape index (κ2) is 16.8. The minimum absolute atomic E-state index is 0. The molecule has 0 saturated heterocycles. The number of nitrogens with zero attached hydrogens (tertiary/aromatic N) is 4. The van der Waals surface area contributed by atoms with Gasteiger partial charge in [0.05, 0.1) is 11.3 Å². The van der Waals surface area contributed by atoms with Crippen LogP contribution >= 0.6 is 0 Å². The Bertz CT molecular complexity index is 2360. The quantitative estimate of drug-likeness (QED) is 0.118. The average molecular weight is 954 g/mol. The number of benzene rings is 2. The molecular weight excluding hydrogens is 901 g/mol. The third-order valence-corrected chi connectivity index (χ3v) is 13.6. The Kier molecular flexibility index (Phi) is 12.8. The number of aromatic nitrogens is 4. The van der Waals surface area contributed by atoms with Gasteiger partial charge in [0.15, 0.2) is 0 Å². The summed E-state index contributed by atoms with van der Waals surface area (Å²) in [6, 6.07) is 31.5. The van der Waals surface area contributed by atoms with E-state index in [1.807, 2.05) is 50.4 Å². The molecule has 1 radical (unpaired) electrons. The molecule has 0 aliphatic carbocycles. The summed E-state index contributed by atoms with van der Waals surface area (Å²) in [5.74, 6) is 7.99. The third kappa shape index (κ3) is 9.63. The van der Waals surface area contributed by atoms with E-state index in [1.54, 1.807) is 4.40 Å². The van der Waals surface area contributed by atoms with Crippen molar-refractivity contribution in [3.05, 3.63) is 125 Å². The van der Waals surface area contributed by atoms with E-state index < -0.39 is 13.3 Å². The molecule has 5 aromatic heterocycles. The molecule has 0 amide bonds. The standard InChI is InChI=1S/C29H28N3O.C18H24GeN.Ir/c1-17-14-18(2)31-19(3)26(17)24-11-10-22-21-8-7-9-23(27(21)33-28(22)32-24)25-15-20(12-13-30-25)16-29(4,5)6;1-14(2)11-16-12-18(15-9-7-6-8-10-15)20-13-17(16)19(3,4)5;/h7-8,10-15H,16H2,1-6H3;6-9,12-14H,11H2,1-5H3;/q2*-1;. The first-order valence-corrected chi connectivity index (χ1v) is 26.0.